The molecule has 0 amide bonds. The molecule has 150 valence electrons. The van der Waals surface area contributed by atoms with Gasteiger partial charge < -0.3 is 18.6 Å². The van der Waals surface area contributed by atoms with Gasteiger partial charge in [-0.15, -0.1) is 0 Å². The quantitative estimate of drug-likeness (QED) is 0.237. The van der Waals surface area contributed by atoms with Gasteiger partial charge in [0.15, 0.2) is 5.75 Å². The van der Waals surface area contributed by atoms with E-state index in [1.54, 1.807) is 48.5 Å². The SMILES string of the molecule is CCC=CCCOc1c(OC(=O)c2ccccc2)c(=O)oc2cc(OC)ccc12. The van der Waals surface area contributed by atoms with Gasteiger partial charge in [0.2, 0.25) is 0 Å². The summed E-state index contributed by atoms with van der Waals surface area (Å²) in [5.74, 6) is -0.225. The van der Waals surface area contributed by atoms with Crippen molar-refractivity contribution < 1.29 is 23.4 Å². The Bertz CT molecular complexity index is 1070. The summed E-state index contributed by atoms with van der Waals surface area (Å²) < 4.78 is 21.8. The molecule has 0 atom stereocenters. The van der Waals surface area contributed by atoms with Crippen LogP contribution in [0.2, 0.25) is 0 Å². The molecule has 0 bridgehead atoms. The predicted molar refractivity (Wildman–Crippen MR) is 110 cm³/mol. The number of benzene rings is 2. The number of ether oxygens (including phenoxy) is 3. The van der Waals surface area contributed by atoms with E-state index < -0.39 is 11.6 Å². The van der Waals surface area contributed by atoms with E-state index in [1.807, 2.05) is 19.1 Å². The number of esters is 1. The van der Waals surface area contributed by atoms with Crippen molar-refractivity contribution in [3.8, 4) is 17.2 Å². The third-order valence-corrected chi connectivity index (χ3v) is 4.17. The molecule has 0 N–H and O–H groups in total. The van der Waals surface area contributed by atoms with Crippen LogP contribution in [-0.4, -0.2) is 19.7 Å². The average molecular weight is 394 g/mol. The van der Waals surface area contributed by atoms with Gasteiger partial charge in [-0.1, -0.05) is 37.3 Å². The van der Waals surface area contributed by atoms with Gasteiger partial charge in [0.05, 0.1) is 24.7 Å². The molecular formula is C23H22O6. The molecule has 2 aromatic carbocycles. The highest BCUT2D eigenvalue weighted by molar-refractivity contribution is 5.93. The Morgan fingerprint density at radius 3 is 2.59 bits per heavy atom. The van der Waals surface area contributed by atoms with E-state index in [0.717, 1.165) is 6.42 Å². The fourth-order valence-corrected chi connectivity index (χ4v) is 2.73. The largest absolute Gasteiger partial charge is 0.497 e. The fraction of sp³-hybridized carbons (Fsp3) is 0.217. The maximum Gasteiger partial charge on any atom is 0.383 e. The van der Waals surface area contributed by atoms with Crippen LogP contribution in [0.25, 0.3) is 11.0 Å². The number of hydrogen-bond donors (Lipinski definition) is 0. The van der Waals surface area contributed by atoms with E-state index in [-0.39, 0.29) is 17.1 Å². The number of fused-ring (bicyclic) bond motifs is 1. The minimum Gasteiger partial charge on any atom is -0.497 e. The molecule has 0 saturated carbocycles. The minimum atomic E-state index is -0.797. The van der Waals surface area contributed by atoms with Gasteiger partial charge >= 0.3 is 11.6 Å². The van der Waals surface area contributed by atoms with E-state index in [2.05, 4.69) is 0 Å². The lowest BCUT2D eigenvalue weighted by Crippen LogP contribution is -2.16. The molecule has 0 spiro atoms. The van der Waals surface area contributed by atoms with Crippen LogP contribution in [0.3, 0.4) is 0 Å². The monoisotopic (exact) mass is 394 g/mol. The lowest BCUT2D eigenvalue weighted by Gasteiger charge is -2.13. The van der Waals surface area contributed by atoms with Crippen LogP contribution in [-0.2, 0) is 0 Å². The van der Waals surface area contributed by atoms with E-state index in [9.17, 15) is 9.59 Å². The summed E-state index contributed by atoms with van der Waals surface area (Å²) in [4.78, 5) is 25.1. The lowest BCUT2D eigenvalue weighted by atomic mass is 10.2. The zero-order valence-corrected chi connectivity index (χ0v) is 16.3. The van der Waals surface area contributed by atoms with E-state index in [0.29, 0.717) is 29.7 Å². The Labute approximate surface area is 168 Å². The number of hydrogen-bond acceptors (Lipinski definition) is 6. The summed E-state index contributed by atoms with van der Waals surface area (Å²) in [6.45, 7) is 2.36. The number of carbonyl (C=O) groups is 1. The van der Waals surface area contributed by atoms with Gasteiger partial charge in [0.1, 0.15) is 11.3 Å². The number of carbonyl (C=O) groups excluding carboxylic acids is 1. The molecule has 0 aliphatic rings. The molecule has 0 saturated heterocycles. The van der Waals surface area contributed by atoms with Crippen LogP contribution in [0.4, 0.5) is 0 Å². The third-order valence-electron chi connectivity index (χ3n) is 4.17. The normalized spacial score (nSPS) is 11.0. The summed E-state index contributed by atoms with van der Waals surface area (Å²) in [5.41, 5.74) is -0.194. The van der Waals surface area contributed by atoms with Crippen LogP contribution in [0.1, 0.15) is 30.1 Å². The summed E-state index contributed by atoms with van der Waals surface area (Å²) >= 11 is 0. The van der Waals surface area contributed by atoms with Crippen molar-refractivity contribution in [2.45, 2.75) is 19.8 Å². The standard InChI is InChI=1S/C23H22O6/c1-3-4-5-9-14-27-20-18-13-12-17(26-2)15-19(18)28-23(25)21(20)29-22(24)16-10-7-6-8-11-16/h4-8,10-13,15H,3,9,14H2,1-2H3. The Morgan fingerprint density at radius 2 is 1.86 bits per heavy atom. The van der Waals surface area contributed by atoms with Gasteiger partial charge in [-0.05, 0) is 37.1 Å². The molecule has 3 aromatic rings. The van der Waals surface area contributed by atoms with E-state index in [1.165, 1.54) is 7.11 Å². The van der Waals surface area contributed by atoms with Crippen molar-refractivity contribution in [1.29, 1.82) is 0 Å². The van der Waals surface area contributed by atoms with Crippen molar-refractivity contribution in [2.24, 2.45) is 0 Å². The smallest absolute Gasteiger partial charge is 0.383 e. The Kier molecular flexibility index (Phi) is 6.68. The topological polar surface area (TPSA) is 75.0 Å². The average Bonchev–Trinajstić information content (AvgIpc) is 2.75. The molecule has 6 nitrogen and oxygen atoms in total. The third kappa shape index (κ3) is 4.85. The first kappa shape index (κ1) is 20.2. The van der Waals surface area contributed by atoms with E-state index in [4.69, 9.17) is 18.6 Å². The first-order valence-electron chi connectivity index (χ1n) is 9.34. The minimum absolute atomic E-state index is 0.174. The molecule has 29 heavy (non-hydrogen) atoms. The second-order valence-corrected chi connectivity index (χ2v) is 6.18. The highest BCUT2D eigenvalue weighted by Crippen LogP contribution is 2.35. The van der Waals surface area contributed by atoms with Crippen molar-refractivity contribution in [2.75, 3.05) is 13.7 Å². The highest BCUT2D eigenvalue weighted by atomic mass is 16.6. The molecule has 0 radical (unpaired) electrons. The van der Waals surface area contributed by atoms with Gasteiger partial charge in [0.25, 0.3) is 5.75 Å². The van der Waals surface area contributed by atoms with Crippen molar-refractivity contribution in [3.63, 3.8) is 0 Å². The van der Waals surface area contributed by atoms with Gasteiger partial charge in [-0.25, -0.2) is 9.59 Å². The first-order valence-corrected chi connectivity index (χ1v) is 9.34. The van der Waals surface area contributed by atoms with Crippen LogP contribution in [0.15, 0.2) is 69.9 Å². The van der Waals surface area contributed by atoms with Gasteiger partial charge in [0, 0.05) is 6.07 Å². The second kappa shape index (κ2) is 9.59. The van der Waals surface area contributed by atoms with Crippen LogP contribution in [0.5, 0.6) is 17.2 Å². The Balaban J connectivity index is 2.00. The predicted octanol–water partition coefficient (Wildman–Crippen LogP) is 4.76. The van der Waals surface area contributed by atoms with Crippen LogP contribution in [0, 0.1) is 0 Å². The lowest BCUT2D eigenvalue weighted by molar-refractivity contribution is 0.0722. The van der Waals surface area contributed by atoms with Crippen molar-refractivity contribution in [3.05, 3.63) is 76.7 Å². The maximum absolute atomic E-state index is 12.6. The first-order chi connectivity index (χ1) is 14.1. The number of allylic oxidation sites excluding steroid dienone is 1. The molecule has 0 aliphatic heterocycles. The molecule has 0 aliphatic carbocycles. The molecule has 0 unspecified atom stereocenters. The summed E-state index contributed by atoms with van der Waals surface area (Å²) in [5, 5.41) is 0.515. The zero-order valence-electron chi connectivity index (χ0n) is 16.3. The summed E-state index contributed by atoms with van der Waals surface area (Å²) in [6.07, 6.45) is 5.60. The molecule has 3 rings (SSSR count). The Hall–Kier alpha value is -3.54. The van der Waals surface area contributed by atoms with Crippen molar-refractivity contribution in [1.82, 2.24) is 0 Å². The molecule has 6 heteroatoms. The molecule has 1 heterocycles. The molecule has 1 aromatic heterocycles. The van der Waals surface area contributed by atoms with Crippen LogP contribution < -0.4 is 19.8 Å². The van der Waals surface area contributed by atoms with Crippen molar-refractivity contribution >= 4 is 16.9 Å². The zero-order chi connectivity index (χ0) is 20.6. The Morgan fingerprint density at radius 1 is 1.07 bits per heavy atom. The second-order valence-electron chi connectivity index (χ2n) is 6.18. The molecule has 0 fully saturated rings. The van der Waals surface area contributed by atoms with E-state index >= 15 is 0 Å². The van der Waals surface area contributed by atoms with Gasteiger partial charge in [-0.3, -0.25) is 0 Å². The number of methoxy groups -OCH3 is 1. The van der Waals surface area contributed by atoms with Gasteiger partial charge in [-0.2, -0.15) is 0 Å². The fourth-order valence-electron chi connectivity index (χ4n) is 2.73. The van der Waals surface area contributed by atoms with Crippen LogP contribution >= 0.6 is 0 Å². The maximum atomic E-state index is 12.6. The summed E-state index contributed by atoms with van der Waals surface area (Å²) in [6, 6.07) is 13.4. The highest BCUT2D eigenvalue weighted by Gasteiger charge is 2.21. The molecular weight excluding hydrogens is 372 g/mol. The summed E-state index contributed by atoms with van der Waals surface area (Å²) in [7, 11) is 1.52. The number of rotatable bonds is 8.